The van der Waals surface area contributed by atoms with Crippen molar-refractivity contribution in [2.45, 2.75) is 51.0 Å². The van der Waals surface area contributed by atoms with Crippen LogP contribution in [0.15, 0.2) is 36.7 Å². The maximum Gasteiger partial charge on any atom is 0.227 e. The highest BCUT2D eigenvalue weighted by molar-refractivity contribution is 5.79. The Morgan fingerprint density at radius 1 is 1.19 bits per heavy atom. The molecule has 0 unspecified atom stereocenters. The normalized spacial score (nSPS) is 18.3. The van der Waals surface area contributed by atoms with Crippen LogP contribution in [0.2, 0.25) is 0 Å². The lowest BCUT2D eigenvalue weighted by Gasteiger charge is -2.33. The predicted molar refractivity (Wildman–Crippen MR) is 105 cm³/mol. The van der Waals surface area contributed by atoms with Crippen LogP contribution in [-0.2, 0) is 17.8 Å². The number of hydrogen-bond donors (Lipinski definition) is 0. The molecule has 4 rings (SSSR count). The fraction of sp³-hybridized carbons (Fsp3) is 0.545. The van der Waals surface area contributed by atoms with Gasteiger partial charge in [0.2, 0.25) is 5.91 Å². The Labute approximate surface area is 161 Å². The van der Waals surface area contributed by atoms with Crippen molar-refractivity contribution in [1.82, 2.24) is 14.5 Å². The Hall–Kier alpha value is -2.30. The van der Waals surface area contributed by atoms with Crippen LogP contribution < -0.4 is 4.74 Å². The van der Waals surface area contributed by atoms with Crippen LogP contribution in [0.5, 0.6) is 5.75 Å². The van der Waals surface area contributed by atoms with Crippen molar-refractivity contribution in [3.05, 3.63) is 48.0 Å². The number of nitrogens with zero attached hydrogens (tertiary/aromatic N) is 3. The number of rotatable bonds is 6. The molecule has 0 bridgehead atoms. The van der Waals surface area contributed by atoms with E-state index in [2.05, 4.69) is 15.7 Å². The van der Waals surface area contributed by atoms with Gasteiger partial charge in [-0.3, -0.25) is 4.79 Å². The Bertz CT molecular complexity index is 773. The van der Waals surface area contributed by atoms with Gasteiger partial charge >= 0.3 is 0 Å². The average molecular weight is 367 g/mol. The van der Waals surface area contributed by atoms with Crippen LogP contribution in [0.3, 0.4) is 0 Å². The first-order chi connectivity index (χ1) is 13.2. The van der Waals surface area contributed by atoms with Crippen LogP contribution >= 0.6 is 0 Å². The van der Waals surface area contributed by atoms with Crippen LogP contribution in [0.25, 0.3) is 0 Å². The average Bonchev–Trinajstić information content (AvgIpc) is 3.13. The topological polar surface area (TPSA) is 47.4 Å². The van der Waals surface area contributed by atoms with Crippen molar-refractivity contribution in [3.63, 3.8) is 0 Å². The van der Waals surface area contributed by atoms with E-state index in [0.29, 0.717) is 12.3 Å². The van der Waals surface area contributed by atoms with E-state index in [0.717, 1.165) is 49.7 Å². The maximum atomic E-state index is 12.7. The van der Waals surface area contributed by atoms with E-state index < -0.39 is 0 Å². The van der Waals surface area contributed by atoms with E-state index >= 15 is 0 Å². The van der Waals surface area contributed by atoms with Crippen molar-refractivity contribution in [2.24, 2.45) is 5.92 Å². The summed E-state index contributed by atoms with van der Waals surface area (Å²) in [5.41, 5.74) is 0.961. The second-order valence-electron chi connectivity index (χ2n) is 7.88. The minimum Gasteiger partial charge on any atom is -0.496 e. The second kappa shape index (κ2) is 8.15. The largest absolute Gasteiger partial charge is 0.496 e. The Kier molecular flexibility index (Phi) is 5.46. The van der Waals surface area contributed by atoms with Gasteiger partial charge in [-0.2, -0.15) is 0 Å². The van der Waals surface area contributed by atoms with Gasteiger partial charge in [-0.05, 0) is 37.7 Å². The van der Waals surface area contributed by atoms with Gasteiger partial charge in [0.1, 0.15) is 11.6 Å². The van der Waals surface area contributed by atoms with Gasteiger partial charge in [0, 0.05) is 43.5 Å². The number of ether oxygens (including phenoxy) is 1. The second-order valence-corrected chi connectivity index (χ2v) is 7.88. The number of amides is 1. The summed E-state index contributed by atoms with van der Waals surface area (Å²) in [6.45, 7) is 2.74. The van der Waals surface area contributed by atoms with Crippen molar-refractivity contribution in [1.29, 1.82) is 0 Å². The zero-order chi connectivity index (χ0) is 18.6. The highest BCUT2D eigenvalue weighted by Crippen LogP contribution is 2.32. The summed E-state index contributed by atoms with van der Waals surface area (Å²) in [5, 5.41) is 0. The van der Waals surface area contributed by atoms with E-state index in [1.165, 1.54) is 25.1 Å². The molecule has 1 saturated heterocycles. The first kappa shape index (κ1) is 18.1. The van der Waals surface area contributed by atoms with Crippen LogP contribution in [0.1, 0.15) is 49.4 Å². The van der Waals surface area contributed by atoms with Crippen molar-refractivity contribution < 1.29 is 9.53 Å². The molecule has 1 aliphatic carbocycles. The zero-order valence-electron chi connectivity index (χ0n) is 16.1. The molecular formula is C22H29N3O2. The summed E-state index contributed by atoms with van der Waals surface area (Å²) in [4.78, 5) is 19.4. The van der Waals surface area contributed by atoms with Crippen molar-refractivity contribution in [2.75, 3.05) is 20.2 Å². The molecule has 27 heavy (non-hydrogen) atoms. The highest BCUT2D eigenvalue weighted by Gasteiger charge is 2.28. The summed E-state index contributed by atoms with van der Waals surface area (Å²) < 4.78 is 7.74. The van der Waals surface area contributed by atoms with Crippen LogP contribution in [0, 0.1) is 5.92 Å². The SMILES string of the molecule is COc1ccccc1CC(=O)N1CCC(c2nccn2CC2CCC2)CC1. The fourth-order valence-electron chi connectivity index (χ4n) is 4.30. The number of piperidine rings is 1. The van der Waals surface area contributed by atoms with E-state index in [1.54, 1.807) is 7.11 Å². The molecule has 0 N–H and O–H groups in total. The molecule has 0 radical (unpaired) electrons. The van der Waals surface area contributed by atoms with Crippen molar-refractivity contribution >= 4 is 5.91 Å². The Morgan fingerprint density at radius 2 is 1.96 bits per heavy atom. The molecule has 144 valence electrons. The fourth-order valence-corrected chi connectivity index (χ4v) is 4.30. The number of carbonyl (C=O) groups is 1. The lowest BCUT2D eigenvalue weighted by molar-refractivity contribution is -0.131. The van der Waals surface area contributed by atoms with Gasteiger partial charge in [0.15, 0.2) is 0 Å². The Morgan fingerprint density at radius 3 is 2.67 bits per heavy atom. The molecule has 5 heteroatoms. The van der Waals surface area contributed by atoms with Gasteiger partial charge in [-0.15, -0.1) is 0 Å². The lowest BCUT2D eigenvalue weighted by atomic mass is 9.85. The lowest BCUT2D eigenvalue weighted by Crippen LogP contribution is -2.39. The quantitative estimate of drug-likeness (QED) is 0.783. The van der Waals surface area contributed by atoms with E-state index in [-0.39, 0.29) is 5.91 Å². The smallest absolute Gasteiger partial charge is 0.227 e. The first-order valence-electron chi connectivity index (χ1n) is 10.2. The monoisotopic (exact) mass is 367 g/mol. The van der Waals surface area contributed by atoms with E-state index in [1.807, 2.05) is 35.4 Å². The number of likely N-dealkylation sites (tertiary alicyclic amines) is 1. The molecule has 0 atom stereocenters. The number of aromatic nitrogens is 2. The Balaban J connectivity index is 1.33. The molecule has 2 aliphatic rings. The maximum absolute atomic E-state index is 12.7. The first-order valence-corrected chi connectivity index (χ1v) is 10.2. The third-order valence-corrected chi connectivity index (χ3v) is 6.17. The third-order valence-electron chi connectivity index (χ3n) is 6.17. The van der Waals surface area contributed by atoms with Gasteiger partial charge in [0.05, 0.1) is 13.5 Å². The molecule has 5 nitrogen and oxygen atoms in total. The van der Waals surface area contributed by atoms with Crippen molar-refractivity contribution in [3.8, 4) is 5.75 Å². The number of carbonyl (C=O) groups excluding carboxylic acids is 1. The molecule has 1 aliphatic heterocycles. The van der Waals surface area contributed by atoms with Gasteiger partial charge in [-0.1, -0.05) is 24.6 Å². The number of imidazole rings is 1. The van der Waals surface area contributed by atoms with E-state index in [4.69, 9.17) is 4.74 Å². The highest BCUT2D eigenvalue weighted by atomic mass is 16.5. The molecule has 2 heterocycles. The summed E-state index contributed by atoms with van der Waals surface area (Å²) in [6, 6.07) is 7.78. The summed E-state index contributed by atoms with van der Waals surface area (Å²) in [5.74, 6) is 3.50. The molecular weight excluding hydrogens is 338 g/mol. The standard InChI is InChI=1S/C22H29N3O2/c1-27-20-8-3-2-7-19(20)15-21(26)24-12-9-18(10-13-24)22-23-11-14-25(22)16-17-5-4-6-17/h2-3,7-8,11,14,17-18H,4-6,9-10,12-13,15-16H2,1H3. The number of hydrogen-bond acceptors (Lipinski definition) is 3. The minimum atomic E-state index is 0.191. The van der Waals surface area contributed by atoms with E-state index in [9.17, 15) is 4.79 Å². The molecule has 1 aromatic carbocycles. The summed E-state index contributed by atoms with van der Waals surface area (Å²) >= 11 is 0. The van der Waals surface area contributed by atoms with Crippen LogP contribution in [0.4, 0.5) is 0 Å². The van der Waals surface area contributed by atoms with Gasteiger partial charge in [-0.25, -0.2) is 4.98 Å². The summed E-state index contributed by atoms with van der Waals surface area (Å²) in [6.07, 6.45) is 10.6. The third kappa shape index (κ3) is 4.02. The molecule has 1 amide bonds. The molecule has 1 saturated carbocycles. The molecule has 0 spiro atoms. The minimum absolute atomic E-state index is 0.191. The molecule has 1 aromatic heterocycles. The molecule has 2 fully saturated rings. The number of para-hydroxylation sites is 1. The predicted octanol–water partition coefficient (Wildman–Crippen LogP) is 3.64. The molecule has 2 aromatic rings. The van der Waals surface area contributed by atoms with Gasteiger partial charge < -0.3 is 14.2 Å². The zero-order valence-corrected chi connectivity index (χ0v) is 16.1. The summed E-state index contributed by atoms with van der Waals surface area (Å²) in [7, 11) is 1.65. The number of benzene rings is 1. The van der Waals surface area contributed by atoms with Crippen LogP contribution in [-0.4, -0.2) is 40.6 Å². The number of methoxy groups -OCH3 is 1. The van der Waals surface area contributed by atoms with Gasteiger partial charge in [0.25, 0.3) is 0 Å².